The maximum absolute atomic E-state index is 7.50. The number of hydrogen-bond donors (Lipinski definition) is 1. The molecule has 0 bridgehead atoms. The van der Waals surface area contributed by atoms with Gasteiger partial charge in [0.05, 0.1) is 5.84 Å². The molecule has 0 aromatic heterocycles. The van der Waals surface area contributed by atoms with Crippen molar-refractivity contribution in [3.8, 4) is 0 Å². The number of thioether (sulfide) groups is 1. The smallest absolute Gasteiger partial charge is 0.0958 e. The molecular weight excluding hydrogens is 144 g/mol. The summed E-state index contributed by atoms with van der Waals surface area (Å²) in [7, 11) is 0. The summed E-state index contributed by atoms with van der Waals surface area (Å²) in [6.45, 7) is 2.18. The van der Waals surface area contributed by atoms with Crippen molar-refractivity contribution in [2.75, 3.05) is 25.1 Å². The molecule has 1 aliphatic rings. The molecule has 0 aromatic rings. The average Bonchev–Trinajstić information content (AvgIpc) is 2.31. The fraction of sp³-hybridized carbons (Fsp3) is 0.857. The zero-order valence-corrected chi connectivity index (χ0v) is 7.21. The molecule has 0 atom stereocenters. The lowest BCUT2D eigenvalue weighted by Crippen LogP contribution is -2.26. The van der Waals surface area contributed by atoms with Gasteiger partial charge in [0.1, 0.15) is 0 Å². The van der Waals surface area contributed by atoms with E-state index in [1.54, 1.807) is 0 Å². The third kappa shape index (κ3) is 1.90. The number of nitrogens with zero attached hydrogens (tertiary/aromatic N) is 1. The zero-order chi connectivity index (χ0) is 7.40. The molecule has 3 heteroatoms. The van der Waals surface area contributed by atoms with E-state index in [0.29, 0.717) is 0 Å². The molecule has 10 heavy (non-hydrogen) atoms. The molecule has 0 amide bonds. The molecular formula is C7H14N2S. The second kappa shape index (κ2) is 3.86. The van der Waals surface area contributed by atoms with Crippen molar-refractivity contribution in [2.45, 2.75) is 12.8 Å². The van der Waals surface area contributed by atoms with Crippen molar-refractivity contribution in [2.24, 2.45) is 0 Å². The van der Waals surface area contributed by atoms with E-state index in [0.717, 1.165) is 31.1 Å². The highest BCUT2D eigenvalue weighted by molar-refractivity contribution is 7.98. The third-order valence-corrected chi connectivity index (χ3v) is 2.38. The van der Waals surface area contributed by atoms with Gasteiger partial charge in [-0.05, 0) is 12.7 Å². The average molecular weight is 158 g/mol. The van der Waals surface area contributed by atoms with Crippen molar-refractivity contribution in [1.29, 1.82) is 5.41 Å². The van der Waals surface area contributed by atoms with Gasteiger partial charge < -0.3 is 4.90 Å². The van der Waals surface area contributed by atoms with Crippen LogP contribution < -0.4 is 0 Å². The van der Waals surface area contributed by atoms with Crippen LogP contribution in [-0.2, 0) is 0 Å². The first kappa shape index (κ1) is 7.92. The Kier molecular flexibility index (Phi) is 3.06. The lowest BCUT2D eigenvalue weighted by atomic mass is 10.4. The van der Waals surface area contributed by atoms with E-state index in [-0.39, 0.29) is 0 Å². The normalized spacial score (nSPS) is 18.5. The van der Waals surface area contributed by atoms with Gasteiger partial charge in [-0.15, -0.1) is 0 Å². The molecule has 0 radical (unpaired) electrons. The Bertz CT molecular complexity index is 125. The first-order valence-corrected chi connectivity index (χ1v) is 5.05. The Morgan fingerprint density at radius 3 is 3.00 bits per heavy atom. The Balaban J connectivity index is 2.20. The Morgan fingerprint density at radius 1 is 1.70 bits per heavy atom. The standard InChI is InChI=1S/C7H14N2S/c1-10-6-5-9-4-2-3-7(9)8/h8H,2-6H2,1H3. The van der Waals surface area contributed by atoms with E-state index in [9.17, 15) is 0 Å². The van der Waals surface area contributed by atoms with E-state index in [1.165, 1.54) is 6.42 Å². The summed E-state index contributed by atoms with van der Waals surface area (Å²) in [6, 6.07) is 0. The van der Waals surface area contributed by atoms with Gasteiger partial charge in [0.25, 0.3) is 0 Å². The molecule has 1 saturated heterocycles. The Labute approximate surface area is 66.5 Å². The molecule has 2 nitrogen and oxygen atoms in total. The number of nitrogens with one attached hydrogen (secondary N) is 1. The van der Waals surface area contributed by atoms with Gasteiger partial charge in [0.2, 0.25) is 0 Å². The summed E-state index contributed by atoms with van der Waals surface area (Å²) >= 11 is 1.85. The minimum Gasteiger partial charge on any atom is -0.360 e. The van der Waals surface area contributed by atoms with Crippen LogP contribution in [0.5, 0.6) is 0 Å². The Morgan fingerprint density at radius 2 is 2.50 bits per heavy atom. The topological polar surface area (TPSA) is 27.1 Å². The van der Waals surface area contributed by atoms with E-state index in [2.05, 4.69) is 11.2 Å². The molecule has 1 heterocycles. The summed E-state index contributed by atoms with van der Waals surface area (Å²) in [5, 5.41) is 7.50. The van der Waals surface area contributed by atoms with Crippen LogP contribution >= 0.6 is 11.8 Å². The molecule has 1 fully saturated rings. The Hall–Kier alpha value is -0.180. The molecule has 0 aliphatic carbocycles. The second-order valence-corrected chi connectivity index (χ2v) is 3.52. The predicted octanol–water partition coefficient (Wildman–Crippen LogP) is 1.42. The molecule has 1 rings (SSSR count). The summed E-state index contributed by atoms with van der Waals surface area (Å²) in [4.78, 5) is 2.18. The molecule has 0 aromatic carbocycles. The summed E-state index contributed by atoms with van der Waals surface area (Å²) in [6.07, 6.45) is 4.29. The number of rotatable bonds is 3. The molecule has 0 unspecified atom stereocenters. The van der Waals surface area contributed by atoms with Crippen LogP contribution in [0.2, 0.25) is 0 Å². The fourth-order valence-corrected chi connectivity index (χ4v) is 1.58. The van der Waals surface area contributed by atoms with Crippen LogP contribution in [0.1, 0.15) is 12.8 Å². The van der Waals surface area contributed by atoms with Crippen LogP contribution in [0.25, 0.3) is 0 Å². The van der Waals surface area contributed by atoms with Gasteiger partial charge in [-0.25, -0.2) is 0 Å². The lowest BCUT2D eigenvalue weighted by molar-refractivity contribution is 0.480. The van der Waals surface area contributed by atoms with E-state index >= 15 is 0 Å². The van der Waals surface area contributed by atoms with Crippen LogP contribution in [-0.4, -0.2) is 35.8 Å². The van der Waals surface area contributed by atoms with Gasteiger partial charge >= 0.3 is 0 Å². The molecule has 58 valence electrons. The van der Waals surface area contributed by atoms with Gasteiger partial charge in [0, 0.05) is 25.3 Å². The van der Waals surface area contributed by atoms with Crippen LogP contribution in [0, 0.1) is 5.41 Å². The predicted molar refractivity (Wildman–Crippen MR) is 46.9 cm³/mol. The van der Waals surface area contributed by atoms with Crippen LogP contribution in [0.3, 0.4) is 0 Å². The van der Waals surface area contributed by atoms with Gasteiger partial charge in [-0.1, -0.05) is 0 Å². The van der Waals surface area contributed by atoms with Gasteiger partial charge in [0.15, 0.2) is 0 Å². The van der Waals surface area contributed by atoms with Crippen molar-refractivity contribution < 1.29 is 0 Å². The summed E-state index contributed by atoms with van der Waals surface area (Å²) in [5.74, 6) is 2.00. The van der Waals surface area contributed by atoms with Gasteiger partial charge in [-0.3, -0.25) is 5.41 Å². The highest BCUT2D eigenvalue weighted by Gasteiger charge is 2.14. The fourth-order valence-electron chi connectivity index (χ4n) is 1.18. The van der Waals surface area contributed by atoms with Crippen molar-refractivity contribution in [3.05, 3.63) is 0 Å². The largest absolute Gasteiger partial charge is 0.360 e. The first-order chi connectivity index (χ1) is 4.84. The SMILES string of the molecule is CSCCN1CCCC1=N. The molecule has 1 aliphatic heterocycles. The van der Waals surface area contributed by atoms with Crippen molar-refractivity contribution >= 4 is 17.6 Å². The van der Waals surface area contributed by atoms with Crippen LogP contribution in [0.4, 0.5) is 0 Å². The lowest BCUT2D eigenvalue weighted by Gasteiger charge is -2.16. The highest BCUT2D eigenvalue weighted by atomic mass is 32.2. The number of likely N-dealkylation sites (tertiary alicyclic amines) is 1. The minimum absolute atomic E-state index is 0.842. The maximum Gasteiger partial charge on any atom is 0.0958 e. The molecule has 1 N–H and O–H groups in total. The highest BCUT2D eigenvalue weighted by Crippen LogP contribution is 2.09. The number of amidine groups is 1. The maximum atomic E-state index is 7.50. The zero-order valence-electron chi connectivity index (χ0n) is 6.39. The summed E-state index contributed by atoms with van der Waals surface area (Å²) < 4.78 is 0. The van der Waals surface area contributed by atoms with Crippen LogP contribution in [0.15, 0.2) is 0 Å². The monoisotopic (exact) mass is 158 g/mol. The van der Waals surface area contributed by atoms with E-state index in [1.807, 2.05) is 11.8 Å². The third-order valence-electron chi connectivity index (χ3n) is 1.79. The molecule has 0 spiro atoms. The van der Waals surface area contributed by atoms with Crippen molar-refractivity contribution in [1.82, 2.24) is 4.90 Å². The quantitative estimate of drug-likeness (QED) is 0.672. The molecule has 0 saturated carbocycles. The van der Waals surface area contributed by atoms with Crippen molar-refractivity contribution in [3.63, 3.8) is 0 Å². The minimum atomic E-state index is 0.842. The van der Waals surface area contributed by atoms with Gasteiger partial charge in [-0.2, -0.15) is 11.8 Å². The second-order valence-electron chi connectivity index (χ2n) is 2.53. The summed E-state index contributed by atoms with van der Waals surface area (Å²) in [5.41, 5.74) is 0. The first-order valence-electron chi connectivity index (χ1n) is 3.66. The number of hydrogen-bond acceptors (Lipinski definition) is 2. The van der Waals surface area contributed by atoms with E-state index in [4.69, 9.17) is 5.41 Å². The van der Waals surface area contributed by atoms with E-state index < -0.39 is 0 Å².